The first-order chi connectivity index (χ1) is 15.3. The van der Waals surface area contributed by atoms with Crippen molar-refractivity contribution < 1.29 is 9.53 Å². The second-order valence-electron chi connectivity index (χ2n) is 9.77. The van der Waals surface area contributed by atoms with E-state index in [9.17, 15) is 4.79 Å². The summed E-state index contributed by atoms with van der Waals surface area (Å²) in [4.78, 5) is 17.4. The van der Waals surface area contributed by atoms with Crippen LogP contribution in [0, 0.1) is 0 Å². The smallest absolute Gasteiger partial charge is 0.318 e. The molecular formula is C25H35N5O2. The number of carbonyl (C=O) groups excluding carboxylic acids is 1. The van der Waals surface area contributed by atoms with Crippen LogP contribution in [0.25, 0.3) is 5.69 Å². The van der Waals surface area contributed by atoms with Crippen molar-refractivity contribution in [1.29, 1.82) is 0 Å². The van der Waals surface area contributed by atoms with Gasteiger partial charge in [-0.1, -0.05) is 18.2 Å². The molecule has 2 amide bonds. The fourth-order valence-electron chi connectivity index (χ4n) is 4.32. The van der Waals surface area contributed by atoms with E-state index in [0.29, 0.717) is 6.54 Å². The Morgan fingerprint density at radius 2 is 2.09 bits per heavy atom. The lowest BCUT2D eigenvalue weighted by atomic mass is 10.0. The molecule has 7 heteroatoms. The third-order valence-corrected chi connectivity index (χ3v) is 5.97. The third-order valence-electron chi connectivity index (χ3n) is 5.97. The molecule has 1 saturated carbocycles. The first-order valence-electron chi connectivity index (χ1n) is 11.5. The standard InChI is InChI=1S/C25H35N5O2/c1-6-14-28-15-13-21-19(16-28)20(27-30(21)22-9-7-8-10-23(22)32-5)17-29(18-11-12-18)24(31)26-25(2,3)4/h6-10,18H,1,11-17H2,2-5H3,(H,26,31). The summed E-state index contributed by atoms with van der Waals surface area (Å²) < 4.78 is 7.65. The van der Waals surface area contributed by atoms with Gasteiger partial charge in [-0.15, -0.1) is 6.58 Å². The van der Waals surface area contributed by atoms with Gasteiger partial charge in [-0.2, -0.15) is 5.10 Å². The lowest BCUT2D eigenvalue weighted by Gasteiger charge is -2.29. The topological polar surface area (TPSA) is 62.6 Å². The highest BCUT2D eigenvalue weighted by Gasteiger charge is 2.36. The highest BCUT2D eigenvalue weighted by atomic mass is 16.5. The number of hydrogen-bond acceptors (Lipinski definition) is 4. The van der Waals surface area contributed by atoms with E-state index in [0.717, 1.165) is 56.0 Å². The van der Waals surface area contributed by atoms with Crippen LogP contribution >= 0.6 is 0 Å². The van der Waals surface area contributed by atoms with Crippen LogP contribution in [-0.4, -0.2) is 57.4 Å². The molecule has 2 aliphatic rings. The molecule has 0 spiro atoms. The van der Waals surface area contributed by atoms with Crippen LogP contribution in [0.2, 0.25) is 0 Å². The third kappa shape index (κ3) is 4.83. The molecule has 0 radical (unpaired) electrons. The van der Waals surface area contributed by atoms with Crippen LogP contribution in [0.1, 0.15) is 50.6 Å². The minimum atomic E-state index is -0.277. The first-order valence-corrected chi connectivity index (χ1v) is 11.5. The quantitative estimate of drug-likeness (QED) is 0.668. The van der Waals surface area contributed by atoms with Gasteiger partial charge in [-0.05, 0) is 45.7 Å². The van der Waals surface area contributed by atoms with Gasteiger partial charge >= 0.3 is 6.03 Å². The molecule has 7 nitrogen and oxygen atoms in total. The average molecular weight is 438 g/mol. The highest BCUT2D eigenvalue weighted by molar-refractivity contribution is 5.75. The number of nitrogens with one attached hydrogen (secondary N) is 1. The zero-order valence-corrected chi connectivity index (χ0v) is 19.7. The van der Waals surface area contributed by atoms with E-state index in [1.165, 1.54) is 11.3 Å². The van der Waals surface area contributed by atoms with Crippen molar-refractivity contribution in [3.8, 4) is 11.4 Å². The molecule has 1 aromatic heterocycles. The molecular weight excluding hydrogens is 402 g/mol. The lowest BCUT2D eigenvalue weighted by Crippen LogP contribution is -2.49. The monoisotopic (exact) mass is 437 g/mol. The molecule has 1 aliphatic carbocycles. The van der Waals surface area contributed by atoms with Crippen molar-refractivity contribution in [3.63, 3.8) is 0 Å². The van der Waals surface area contributed by atoms with E-state index >= 15 is 0 Å². The van der Waals surface area contributed by atoms with Crippen molar-refractivity contribution in [1.82, 2.24) is 24.9 Å². The van der Waals surface area contributed by atoms with Gasteiger partial charge in [0.25, 0.3) is 0 Å². The number of ether oxygens (including phenoxy) is 1. The van der Waals surface area contributed by atoms with Crippen molar-refractivity contribution >= 4 is 6.03 Å². The van der Waals surface area contributed by atoms with Gasteiger partial charge in [0, 0.05) is 43.2 Å². The summed E-state index contributed by atoms with van der Waals surface area (Å²) in [5.74, 6) is 0.794. The summed E-state index contributed by atoms with van der Waals surface area (Å²) in [6, 6.07) is 8.25. The van der Waals surface area contributed by atoms with Gasteiger partial charge in [-0.25, -0.2) is 9.48 Å². The van der Waals surface area contributed by atoms with Gasteiger partial charge < -0.3 is 15.0 Å². The maximum Gasteiger partial charge on any atom is 0.318 e. The van der Waals surface area contributed by atoms with E-state index in [1.54, 1.807) is 7.11 Å². The first kappa shape index (κ1) is 22.4. The number of urea groups is 1. The zero-order valence-electron chi connectivity index (χ0n) is 19.7. The van der Waals surface area contributed by atoms with Crippen molar-refractivity contribution in [2.45, 2.75) is 64.7 Å². The van der Waals surface area contributed by atoms with Crippen LogP contribution in [-0.2, 0) is 19.5 Å². The summed E-state index contributed by atoms with van der Waals surface area (Å²) >= 11 is 0. The molecule has 0 atom stereocenters. The largest absolute Gasteiger partial charge is 0.494 e. The molecule has 1 N–H and O–H groups in total. The predicted molar refractivity (Wildman–Crippen MR) is 126 cm³/mol. The molecule has 0 bridgehead atoms. The maximum absolute atomic E-state index is 13.1. The fraction of sp³-hybridized carbons (Fsp3) is 0.520. The molecule has 2 aromatic rings. The molecule has 172 valence electrons. The van der Waals surface area contributed by atoms with E-state index < -0.39 is 0 Å². The van der Waals surface area contributed by atoms with Gasteiger partial charge in [0.2, 0.25) is 0 Å². The number of nitrogens with zero attached hydrogens (tertiary/aromatic N) is 4. The van der Waals surface area contributed by atoms with E-state index in [-0.39, 0.29) is 17.6 Å². The van der Waals surface area contributed by atoms with Crippen molar-refractivity contribution in [2.24, 2.45) is 0 Å². The molecule has 1 fully saturated rings. The van der Waals surface area contributed by atoms with Crippen molar-refractivity contribution in [3.05, 3.63) is 53.9 Å². The van der Waals surface area contributed by atoms with E-state index in [2.05, 4.69) is 16.8 Å². The van der Waals surface area contributed by atoms with Crippen LogP contribution in [0.5, 0.6) is 5.75 Å². The fourth-order valence-corrected chi connectivity index (χ4v) is 4.32. The van der Waals surface area contributed by atoms with Crippen LogP contribution in [0.15, 0.2) is 36.9 Å². The zero-order chi connectivity index (χ0) is 22.9. The van der Waals surface area contributed by atoms with Crippen LogP contribution in [0.4, 0.5) is 4.79 Å². The van der Waals surface area contributed by atoms with Gasteiger partial charge in [0.05, 0.1) is 25.0 Å². The Bertz CT molecular complexity index is 987. The summed E-state index contributed by atoms with van der Waals surface area (Å²) in [5, 5.41) is 8.19. The van der Waals surface area contributed by atoms with Gasteiger partial charge in [-0.3, -0.25) is 4.90 Å². The number of benzene rings is 1. The molecule has 1 aromatic carbocycles. The molecule has 32 heavy (non-hydrogen) atoms. The molecule has 0 saturated heterocycles. The summed E-state index contributed by atoms with van der Waals surface area (Å²) in [6.45, 7) is 13.1. The SMILES string of the molecule is C=CCN1CCc2c(c(CN(C(=O)NC(C)(C)C)C3CC3)nn2-c2ccccc2OC)C1. The Kier molecular flexibility index (Phi) is 6.29. The molecule has 4 rings (SSSR count). The number of amides is 2. The number of rotatable bonds is 7. The van der Waals surface area contributed by atoms with Gasteiger partial charge in [0.1, 0.15) is 11.4 Å². The maximum atomic E-state index is 13.1. The van der Waals surface area contributed by atoms with Crippen molar-refractivity contribution in [2.75, 3.05) is 20.2 Å². The minimum Gasteiger partial charge on any atom is -0.494 e. The number of carbonyl (C=O) groups is 1. The molecule has 0 unspecified atom stereocenters. The second kappa shape index (κ2) is 8.98. The Morgan fingerprint density at radius 3 is 2.75 bits per heavy atom. The van der Waals surface area contributed by atoms with E-state index in [1.807, 2.05) is 60.7 Å². The Labute approximate surface area is 191 Å². The molecule has 2 heterocycles. The number of fused-ring (bicyclic) bond motifs is 1. The number of hydrogen-bond donors (Lipinski definition) is 1. The normalized spacial score (nSPS) is 16.4. The number of aromatic nitrogens is 2. The predicted octanol–water partition coefficient (Wildman–Crippen LogP) is 3.90. The number of para-hydroxylation sites is 2. The average Bonchev–Trinajstić information content (AvgIpc) is 3.53. The van der Waals surface area contributed by atoms with Crippen LogP contribution < -0.4 is 10.1 Å². The van der Waals surface area contributed by atoms with Gasteiger partial charge in [0.15, 0.2) is 0 Å². The Hall–Kier alpha value is -2.80. The Balaban J connectivity index is 1.72. The summed E-state index contributed by atoms with van der Waals surface area (Å²) in [6.07, 6.45) is 4.94. The minimum absolute atomic E-state index is 0.0145. The number of methoxy groups -OCH3 is 1. The van der Waals surface area contributed by atoms with Crippen LogP contribution in [0.3, 0.4) is 0 Å². The lowest BCUT2D eigenvalue weighted by molar-refractivity contribution is 0.181. The van der Waals surface area contributed by atoms with E-state index in [4.69, 9.17) is 9.84 Å². The highest BCUT2D eigenvalue weighted by Crippen LogP contribution is 2.33. The second-order valence-corrected chi connectivity index (χ2v) is 9.77. The molecule has 1 aliphatic heterocycles. The Morgan fingerprint density at radius 1 is 1.34 bits per heavy atom. The summed E-state index contributed by atoms with van der Waals surface area (Å²) in [7, 11) is 1.69. The summed E-state index contributed by atoms with van der Waals surface area (Å²) in [5.41, 5.74) is 4.05.